The van der Waals surface area contributed by atoms with Crippen LogP contribution >= 0.6 is 0 Å². The van der Waals surface area contributed by atoms with E-state index in [1.807, 2.05) is 0 Å². The number of nitrogens with zero attached hydrogens (tertiary/aromatic N) is 4. The highest BCUT2D eigenvalue weighted by atomic mass is 19.4. The predicted octanol–water partition coefficient (Wildman–Crippen LogP) is 3.33. The first-order valence-electron chi connectivity index (χ1n) is 10.7. The summed E-state index contributed by atoms with van der Waals surface area (Å²) in [6.45, 7) is -1.31. The monoisotopic (exact) mass is 558 g/mol. The second-order valence-corrected chi connectivity index (χ2v) is 8.31. The number of hydrogen-bond acceptors (Lipinski definition) is 5. The van der Waals surface area contributed by atoms with Crippen LogP contribution in [-0.4, -0.2) is 29.5 Å². The number of fused-ring (bicyclic) bond motifs is 1. The Morgan fingerprint density at radius 1 is 0.897 bits per heavy atom. The van der Waals surface area contributed by atoms with Crippen molar-refractivity contribution < 1.29 is 41.0 Å². The van der Waals surface area contributed by atoms with Crippen molar-refractivity contribution >= 4 is 17.2 Å². The SMILES string of the molecule is Cn1c(=O)n(C)c2cc(-n3cc(OC(=O)O)c(=O)n(Cc4cccc(C(F)(F)F)c4C(F)(F)F)c3=O)ccc21. The predicted molar refractivity (Wildman–Crippen MR) is 122 cm³/mol. The third-order valence-electron chi connectivity index (χ3n) is 5.94. The first-order chi connectivity index (χ1) is 18.0. The Labute approximate surface area is 212 Å². The van der Waals surface area contributed by atoms with Crippen LogP contribution in [0.1, 0.15) is 16.7 Å². The van der Waals surface area contributed by atoms with Crippen molar-refractivity contribution in [3.63, 3.8) is 0 Å². The Morgan fingerprint density at radius 2 is 1.54 bits per heavy atom. The average molecular weight is 558 g/mol. The van der Waals surface area contributed by atoms with E-state index in [2.05, 4.69) is 4.74 Å². The third kappa shape index (κ3) is 4.80. The fraction of sp³-hybridized carbons (Fsp3) is 0.217. The van der Waals surface area contributed by atoms with Crippen molar-refractivity contribution in [1.29, 1.82) is 0 Å². The second kappa shape index (κ2) is 9.21. The van der Waals surface area contributed by atoms with Gasteiger partial charge in [0.05, 0.1) is 40.6 Å². The zero-order chi connectivity index (χ0) is 29.0. The molecule has 16 heteroatoms. The summed E-state index contributed by atoms with van der Waals surface area (Å²) < 4.78 is 89.2. The Morgan fingerprint density at radius 3 is 2.13 bits per heavy atom. The van der Waals surface area contributed by atoms with E-state index in [0.29, 0.717) is 33.9 Å². The van der Waals surface area contributed by atoms with Crippen molar-refractivity contribution in [1.82, 2.24) is 18.3 Å². The molecule has 0 saturated carbocycles. The summed E-state index contributed by atoms with van der Waals surface area (Å²) in [4.78, 5) is 49.6. The van der Waals surface area contributed by atoms with Gasteiger partial charge in [0.25, 0.3) is 5.56 Å². The number of hydrogen-bond donors (Lipinski definition) is 1. The molecule has 0 bridgehead atoms. The number of halogens is 6. The second-order valence-electron chi connectivity index (χ2n) is 8.31. The summed E-state index contributed by atoms with van der Waals surface area (Å²) in [5.74, 6) is -1.01. The molecule has 4 aromatic rings. The fourth-order valence-electron chi connectivity index (χ4n) is 4.18. The lowest BCUT2D eigenvalue weighted by Gasteiger charge is -2.20. The Balaban J connectivity index is 2.00. The van der Waals surface area contributed by atoms with Gasteiger partial charge in [0.1, 0.15) is 0 Å². The lowest BCUT2D eigenvalue weighted by molar-refractivity contribution is -0.162. The molecular weight excluding hydrogens is 542 g/mol. The van der Waals surface area contributed by atoms with E-state index in [4.69, 9.17) is 5.11 Å². The van der Waals surface area contributed by atoms with Crippen molar-refractivity contribution in [3.05, 3.63) is 90.6 Å². The summed E-state index contributed by atoms with van der Waals surface area (Å²) >= 11 is 0. The van der Waals surface area contributed by atoms with Crippen LogP contribution < -0.4 is 21.7 Å². The molecule has 0 amide bonds. The number of alkyl halides is 6. The fourth-order valence-corrected chi connectivity index (χ4v) is 4.18. The molecule has 0 aliphatic heterocycles. The minimum atomic E-state index is -5.53. The topological polar surface area (TPSA) is 117 Å². The third-order valence-corrected chi connectivity index (χ3v) is 5.94. The van der Waals surface area contributed by atoms with E-state index in [0.717, 1.165) is 0 Å². The van der Waals surface area contributed by atoms with Gasteiger partial charge in [0.15, 0.2) is 0 Å². The van der Waals surface area contributed by atoms with Gasteiger partial charge in [0, 0.05) is 14.1 Å². The molecule has 1 N–H and O–H groups in total. The van der Waals surface area contributed by atoms with Crippen LogP contribution in [0.3, 0.4) is 0 Å². The Bertz CT molecular complexity index is 1810. The zero-order valence-corrected chi connectivity index (χ0v) is 19.8. The highest BCUT2D eigenvalue weighted by molar-refractivity contribution is 5.78. The van der Waals surface area contributed by atoms with Gasteiger partial charge in [-0.15, -0.1) is 0 Å². The van der Waals surface area contributed by atoms with Crippen molar-refractivity contribution in [2.75, 3.05) is 0 Å². The van der Waals surface area contributed by atoms with E-state index in [-0.39, 0.29) is 16.3 Å². The first kappa shape index (κ1) is 27.3. The van der Waals surface area contributed by atoms with Gasteiger partial charge in [-0.1, -0.05) is 12.1 Å². The van der Waals surface area contributed by atoms with Crippen molar-refractivity contribution in [2.45, 2.75) is 18.9 Å². The summed E-state index contributed by atoms with van der Waals surface area (Å²) in [5, 5.41) is 9.02. The summed E-state index contributed by atoms with van der Waals surface area (Å²) in [5.41, 5.74) is -7.81. The van der Waals surface area contributed by atoms with E-state index in [9.17, 15) is 45.5 Å². The highest BCUT2D eigenvalue weighted by Gasteiger charge is 2.44. The molecule has 0 atom stereocenters. The quantitative estimate of drug-likeness (QED) is 0.304. The number of carboxylic acid groups (broad SMARTS) is 1. The number of imidazole rings is 1. The molecule has 2 aromatic heterocycles. The molecule has 0 aliphatic rings. The number of benzene rings is 2. The maximum absolute atomic E-state index is 13.8. The molecule has 4 rings (SSSR count). The van der Waals surface area contributed by atoms with Gasteiger partial charge in [-0.25, -0.2) is 14.4 Å². The molecule has 10 nitrogen and oxygen atoms in total. The minimum absolute atomic E-state index is 0.0576. The molecule has 0 saturated heterocycles. The van der Waals surface area contributed by atoms with Crippen LogP contribution in [0.5, 0.6) is 5.75 Å². The minimum Gasteiger partial charge on any atom is -0.449 e. The van der Waals surface area contributed by atoms with Gasteiger partial charge in [0.2, 0.25) is 5.75 Å². The van der Waals surface area contributed by atoms with Crippen molar-refractivity contribution in [2.24, 2.45) is 14.1 Å². The molecule has 0 spiro atoms. The molecular formula is C23H16F6N4O6. The van der Waals surface area contributed by atoms with Gasteiger partial charge in [-0.05, 0) is 29.8 Å². The summed E-state index contributed by atoms with van der Waals surface area (Å²) in [6.07, 6.45) is -12.3. The summed E-state index contributed by atoms with van der Waals surface area (Å²) in [6, 6.07) is 5.57. The first-order valence-corrected chi connectivity index (χ1v) is 10.7. The van der Waals surface area contributed by atoms with E-state index in [1.165, 1.54) is 41.4 Å². The average Bonchev–Trinajstić information content (AvgIpc) is 3.05. The maximum Gasteiger partial charge on any atom is 0.511 e. The van der Waals surface area contributed by atoms with Crippen LogP contribution in [0.15, 0.2) is 57.0 Å². The van der Waals surface area contributed by atoms with Crippen LogP contribution in [0.4, 0.5) is 31.1 Å². The largest absolute Gasteiger partial charge is 0.511 e. The lowest BCUT2D eigenvalue weighted by Crippen LogP contribution is -2.40. The van der Waals surface area contributed by atoms with Gasteiger partial charge in [-0.2, -0.15) is 26.3 Å². The molecule has 206 valence electrons. The number of aryl methyl sites for hydroxylation is 2. The van der Waals surface area contributed by atoms with Gasteiger partial charge >= 0.3 is 29.9 Å². The number of carbonyl (C=O) groups is 1. The normalized spacial score (nSPS) is 12.2. The molecule has 2 aromatic carbocycles. The van der Waals surface area contributed by atoms with Crippen LogP contribution in [0.25, 0.3) is 16.7 Å². The molecule has 0 fully saturated rings. The van der Waals surface area contributed by atoms with Gasteiger partial charge < -0.3 is 9.84 Å². The van der Waals surface area contributed by atoms with Gasteiger partial charge in [-0.3, -0.25) is 23.1 Å². The molecule has 0 radical (unpaired) electrons. The number of rotatable bonds is 4. The highest BCUT2D eigenvalue weighted by Crippen LogP contribution is 2.42. The molecule has 0 unspecified atom stereocenters. The maximum atomic E-state index is 13.8. The summed E-state index contributed by atoms with van der Waals surface area (Å²) in [7, 11) is 2.90. The molecule has 2 heterocycles. The lowest BCUT2D eigenvalue weighted by atomic mass is 9.99. The van der Waals surface area contributed by atoms with Crippen LogP contribution in [0, 0.1) is 0 Å². The Kier molecular flexibility index (Phi) is 6.44. The number of aromatic nitrogens is 4. The van der Waals surface area contributed by atoms with E-state index >= 15 is 0 Å². The Hall–Kier alpha value is -4.76. The smallest absolute Gasteiger partial charge is 0.449 e. The van der Waals surface area contributed by atoms with E-state index < -0.39 is 64.4 Å². The van der Waals surface area contributed by atoms with E-state index in [1.54, 1.807) is 0 Å². The number of ether oxygens (including phenoxy) is 1. The standard InChI is InChI=1S/C23H16F6N4O6/c1-30-14-7-6-12(8-15(14)31(2)19(30)35)32-10-16(39-21(37)38)18(34)33(20(32)36)9-11-4-3-5-13(22(24,25)26)17(11)23(27,28)29/h3-8,10H,9H2,1-2H3,(H,37,38). The molecule has 0 aliphatic carbocycles. The van der Waals surface area contributed by atoms with Crippen LogP contribution in [0.2, 0.25) is 0 Å². The van der Waals surface area contributed by atoms with Crippen LogP contribution in [-0.2, 0) is 33.0 Å². The zero-order valence-electron chi connectivity index (χ0n) is 19.8. The van der Waals surface area contributed by atoms with Crippen molar-refractivity contribution in [3.8, 4) is 11.4 Å². The molecule has 39 heavy (non-hydrogen) atoms.